The van der Waals surface area contributed by atoms with Crippen LogP contribution in [0.25, 0.3) is 0 Å². The lowest BCUT2D eigenvalue weighted by Crippen LogP contribution is -2.38. The van der Waals surface area contributed by atoms with E-state index >= 15 is 0 Å². The van der Waals surface area contributed by atoms with E-state index in [1.165, 1.54) is 0 Å². The predicted molar refractivity (Wildman–Crippen MR) is 73.7 cm³/mol. The molecule has 0 radical (unpaired) electrons. The van der Waals surface area contributed by atoms with E-state index in [9.17, 15) is 15.3 Å². The van der Waals surface area contributed by atoms with Gasteiger partial charge in [0.05, 0.1) is 32.0 Å². The van der Waals surface area contributed by atoms with Crippen LogP contribution in [0.5, 0.6) is 5.75 Å². The number of nitrogens with zero attached hydrogens (tertiary/aromatic N) is 1. The van der Waals surface area contributed by atoms with Gasteiger partial charge in [0.1, 0.15) is 5.75 Å². The number of aliphatic hydroxyl groups is 3. The Labute approximate surface area is 118 Å². The molecule has 20 heavy (non-hydrogen) atoms. The number of fused-ring (bicyclic) bond motifs is 1. The van der Waals surface area contributed by atoms with Gasteiger partial charge in [-0.15, -0.1) is 0 Å². The first-order chi connectivity index (χ1) is 9.67. The molecule has 0 unspecified atom stereocenters. The molecule has 0 amide bonds. The summed E-state index contributed by atoms with van der Waals surface area (Å²) in [7, 11) is 1.63. The van der Waals surface area contributed by atoms with E-state index in [-0.39, 0.29) is 24.6 Å². The van der Waals surface area contributed by atoms with Crippen LogP contribution in [-0.4, -0.2) is 64.8 Å². The molecule has 0 saturated carbocycles. The highest BCUT2D eigenvalue weighted by molar-refractivity contribution is 5.32. The van der Waals surface area contributed by atoms with Gasteiger partial charge in [-0.25, -0.2) is 0 Å². The largest absolute Gasteiger partial charge is 0.497 e. The van der Waals surface area contributed by atoms with Gasteiger partial charge in [-0.1, -0.05) is 12.1 Å². The molecule has 0 spiro atoms. The molecular weight excluding hydrogens is 258 g/mol. The van der Waals surface area contributed by atoms with E-state index in [2.05, 4.69) is 0 Å². The van der Waals surface area contributed by atoms with Crippen molar-refractivity contribution in [1.29, 1.82) is 0 Å². The third-order valence-corrected chi connectivity index (χ3v) is 4.74. The third-order valence-electron chi connectivity index (χ3n) is 4.74. The summed E-state index contributed by atoms with van der Waals surface area (Å²) in [6, 6.07) is 7.39. The van der Waals surface area contributed by atoms with Crippen molar-refractivity contribution in [3.63, 3.8) is 0 Å². The van der Waals surface area contributed by atoms with E-state index in [0.717, 1.165) is 24.3 Å². The van der Waals surface area contributed by atoms with Gasteiger partial charge in [0, 0.05) is 12.0 Å². The average Bonchev–Trinajstić information content (AvgIpc) is 3.00. The van der Waals surface area contributed by atoms with Crippen LogP contribution in [0, 0.1) is 0 Å². The number of ether oxygens (including phenoxy) is 1. The Hall–Kier alpha value is -1.14. The van der Waals surface area contributed by atoms with E-state index in [1.807, 2.05) is 29.2 Å². The number of hydrogen-bond acceptors (Lipinski definition) is 5. The number of aliphatic hydroxyl groups excluding tert-OH is 3. The van der Waals surface area contributed by atoms with Gasteiger partial charge in [0.25, 0.3) is 0 Å². The molecule has 3 N–H and O–H groups in total. The second-order valence-electron chi connectivity index (χ2n) is 5.63. The van der Waals surface area contributed by atoms with Gasteiger partial charge in [-0.3, -0.25) is 4.90 Å². The lowest BCUT2D eigenvalue weighted by Gasteiger charge is -2.25. The SMILES string of the molecule is COc1ccc([C@H]2CCN3[C@@H]2[C@H](O)[C@H](O)[C@@H]3CO)cc1. The zero-order valence-electron chi connectivity index (χ0n) is 11.5. The molecule has 3 rings (SSSR count). The quantitative estimate of drug-likeness (QED) is 0.723. The lowest BCUT2D eigenvalue weighted by molar-refractivity contribution is 0.0139. The normalized spacial score (nSPS) is 37.1. The van der Waals surface area contributed by atoms with E-state index in [0.29, 0.717) is 0 Å². The van der Waals surface area contributed by atoms with Crippen molar-refractivity contribution in [2.45, 2.75) is 36.6 Å². The third kappa shape index (κ3) is 2.02. The fraction of sp³-hybridized carbons (Fsp3) is 0.600. The molecule has 0 aromatic heterocycles. The van der Waals surface area contributed by atoms with Crippen LogP contribution >= 0.6 is 0 Å². The minimum absolute atomic E-state index is 0.115. The second kappa shape index (κ2) is 5.33. The Morgan fingerprint density at radius 2 is 1.90 bits per heavy atom. The summed E-state index contributed by atoms with van der Waals surface area (Å²) in [4.78, 5) is 2.05. The number of benzene rings is 1. The Morgan fingerprint density at radius 1 is 1.20 bits per heavy atom. The summed E-state index contributed by atoms with van der Waals surface area (Å²) >= 11 is 0. The zero-order chi connectivity index (χ0) is 14.3. The maximum absolute atomic E-state index is 10.3. The van der Waals surface area contributed by atoms with Crippen LogP contribution in [0.4, 0.5) is 0 Å². The van der Waals surface area contributed by atoms with Crippen LogP contribution in [0.1, 0.15) is 17.9 Å². The van der Waals surface area contributed by atoms with Crippen molar-refractivity contribution in [2.24, 2.45) is 0 Å². The number of rotatable bonds is 3. The molecule has 2 saturated heterocycles. The van der Waals surface area contributed by atoms with Gasteiger partial charge < -0.3 is 20.1 Å². The van der Waals surface area contributed by atoms with Crippen molar-refractivity contribution in [3.05, 3.63) is 29.8 Å². The maximum atomic E-state index is 10.3. The Bertz CT molecular complexity index is 463. The summed E-state index contributed by atoms with van der Waals surface area (Å²) in [5, 5.41) is 29.7. The standard InChI is InChI=1S/C15H21NO4/c1-20-10-4-2-9(3-5-10)11-6-7-16-12(8-17)14(18)15(19)13(11)16/h2-5,11-15,17-19H,6-8H2,1H3/t11-,12+,13+,14-,15+/m1/s1. The zero-order valence-corrected chi connectivity index (χ0v) is 11.5. The van der Waals surface area contributed by atoms with Crippen molar-refractivity contribution < 1.29 is 20.1 Å². The van der Waals surface area contributed by atoms with Crippen molar-refractivity contribution in [1.82, 2.24) is 4.90 Å². The van der Waals surface area contributed by atoms with Crippen molar-refractivity contribution in [3.8, 4) is 5.75 Å². The molecule has 5 nitrogen and oxygen atoms in total. The summed E-state index contributed by atoms with van der Waals surface area (Å²) in [5.41, 5.74) is 1.14. The average molecular weight is 279 g/mol. The van der Waals surface area contributed by atoms with Crippen LogP contribution in [0.15, 0.2) is 24.3 Å². The molecule has 1 aromatic carbocycles. The first-order valence-corrected chi connectivity index (χ1v) is 7.04. The van der Waals surface area contributed by atoms with Crippen molar-refractivity contribution in [2.75, 3.05) is 20.3 Å². The van der Waals surface area contributed by atoms with Crippen LogP contribution in [-0.2, 0) is 0 Å². The molecule has 2 heterocycles. The number of hydrogen-bond donors (Lipinski definition) is 3. The molecule has 0 bridgehead atoms. The highest BCUT2D eigenvalue weighted by atomic mass is 16.5. The van der Waals surface area contributed by atoms with Gasteiger partial charge >= 0.3 is 0 Å². The Morgan fingerprint density at radius 3 is 2.50 bits per heavy atom. The second-order valence-corrected chi connectivity index (χ2v) is 5.63. The summed E-state index contributed by atoms with van der Waals surface area (Å²) in [5.74, 6) is 0.992. The fourth-order valence-electron chi connectivity index (χ4n) is 3.71. The van der Waals surface area contributed by atoms with Crippen LogP contribution in [0.3, 0.4) is 0 Å². The smallest absolute Gasteiger partial charge is 0.118 e. The first kappa shape index (κ1) is 13.8. The van der Waals surface area contributed by atoms with Crippen molar-refractivity contribution >= 4 is 0 Å². The number of methoxy groups -OCH3 is 1. The highest BCUT2D eigenvalue weighted by Crippen LogP contribution is 2.42. The Balaban J connectivity index is 1.85. The molecule has 5 atom stereocenters. The molecule has 2 aliphatic rings. The molecular formula is C15H21NO4. The van der Waals surface area contributed by atoms with Gasteiger partial charge in [-0.05, 0) is 30.7 Å². The molecule has 2 fully saturated rings. The summed E-state index contributed by atoms with van der Waals surface area (Å²) < 4.78 is 5.16. The van der Waals surface area contributed by atoms with E-state index in [1.54, 1.807) is 7.11 Å². The molecule has 2 aliphatic heterocycles. The summed E-state index contributed by atoms with van der Waals surface area (Å²) in [6.07, 6.45) is -0.745. The van der Waals surface area contributed by atoms with Gasteiger partial charge in [-0.2, -0.15) is 0 Å². The van der Waals surface area contributed by atoms with Gasteiger partial charge in [0.2, 0.25) is 0 Å². The fourth-order valence-corrected chi connectivity index (χ4v) is 3.71. The minimum Gasteiger partial charge on any atom is -0.497 e. The maximum Gasteiger partial charge on any atom is 0.118 e. The minimum atomic E-state index is -0.869. The highest BCUT2D eigenvalue weighted by Gasteiger charge is 2.53. The molecule has 0 aliphatic carbocycles. The molecule has 110 valence electrons. The Kier molecular flexibility index (Phi) is 3.69. The molecule has 1 aromatic rings. The van der Waals surface area contributed by atoms with Crippen LogP contribution < -0.4 is 4.74 Å². The first-order valence-electron chi connectivity index (χ1n) is 7.04. The summed E-state index contributed by atoms with van der Waals surface area (Å²) in [6.45, 7) is 0.671. The topological polar surface area (TPSA) is 73.2 Å². The predicted octanol–water partition coefficient (Wildman–Crippen LogP) is -0.0506. The lowest BCUT2D eigenvalue weighted by atomic mass is 9.88. The monoisotopic (exact) mass is 279 g/mol. The molecule has 5 heteroatoms. The van der Waals surface area contributed by atoms with Crippen LogP contribution in [0.2, 0.25) is 0 Å². The van der Waals surface area contributed by atoms with Gasteiger partial charge in [0.15, 0.2) is 0 Å². The van der Waals surface area contributed by atoms with E-state index in [4.69, 9.17) is 4.74 Å². The van der Waals surface area contributed by atoms with E-state index < -0.39 is 12.2 Å².